The average molecular weight is 607 g/mol. The zero-order valence-electron chi connectivity index (χ0n) is 24.1. The van der Waals surface area contributed by atoms with Gasteiger partial charge in [-0.3, -0.25) is 19.8 Å². The summed E-state index contributed by atoms with van der Waals surface area (Å²) in [6.07, 6.45) is 14.9. The van der Waals surface area contributed by atoms with Gasteiger partial charge in [-0.05, 0) is 149 Å². The summed E-state index contributed by atoms with van der Waals surface area (Å²) in [5, 5.41) is 1.26. The fraction of sp³-hybridized carbons (Fsp3) is 0.636. The zero-order valence-corrected chi connectivity index (χ0v) is 25.7. The molecule has 7 nitrogen and oxygen atoms in total. The summed E-state index contributed by atoms with van der Waals surface area (Å²) >= 11 is 6.71. The molecule has 1 aliphatic heterocycles. The van der Waals surface area contributed by atoms with Crippen molar-refractivity contribution in [2.45, 2.75) is 77.0 Å². The molecule has 42 heavy (non-hydrogen) atoms. The van der Waals surface area contributed by atoms with E-state index in [1.165, 1.54) is 55.3 Å². The fourth-order valence-corrected chi connectivity index (χ4v) is 11.9. The number of esters is 1. The second kappa shape index (κ2) is 9.81. The van der Waals surface area contributed by atoms with Gasteiger partial charge in [0.2, 0.25) is 5.91 Å². The van der Waals surface area contributed by atoms with Crippen LogP contribution in [0.15, 0.2) is 23.1 Å². The van der Waals surface area contributed by atoms with E-state index in [0.29, 0.717) is 56.2 Å². The fourth-order valence-electron chi connectivity index (χ4n) is 10.8. The Morgan fingerprint density at radius 2 is 1.40 bits per heavy atom. The Kier molecular flexibility index (Phi) is 6.35. The van der Waals surface area contributed by atoms with Crippen molar-refractivity contribution in [2.24, 2.45) is 46.3 Å². The lowest BCUT2D eigenvalue weighted by molar-refractivity contribution is -0.161. The normalized spacial score (nSPS) is 40.2. The molecule has 0 radical (unpaired) electrons. The molecule has 9 heteroatoms. The van der Waals surface area contributed by atoms with Crippen molar-refractivity contribution in [3.8, 4) is 11.5 Å². The van der Waals surface area contributed by atoms with Crippen LogP contribution < -0.4 is 14.9 Å². The predicted molar refractivity (Wildman–Crippen MR) is 163 cm³/mol. The van der Waals surface area contributed by atoms with E-state index in [1.54, 1.807) is 25.3 Å². The number of ether oxygens (including phenoxy) is 2. The molecule has 2 amide bonds. The number of hydrogen-bond donors (Lipinski definition) is 1. The lowest BCUT2D eigenvalue weighted by atomic mass is 9.49. The Balaban J connectivity index is 0.963. The minimum absolute atomic E-state index is 0.0500. The number of carbonyl (C=O) groups is 3. The molecule has 8 saturated carbocycles. The molecule has 1 N–H and O–H groups in total. The van der Waals surface area contributed by atoms with E-state index >= 15 is 0 Å². The Hall–Kier alpha value is -2.39. The van der Waals surface area contributed by atoms with E-state index < -0.39 is 0 Å². The standard InChI is InChI=1S/C33H38N2O5S2/c1-39-26-10-18(2-3-25(26)40-30(38)33-15-22-7-23(16-33)9-24(8-22)17-33)11-27-28(36)35(31(41)42-27)34-29(37)32-12-19-4-20(13-32)6-21(5-19)14-32/h2-3,10-11,19-24H,4-9,12-17H2,1H3,(H,34,37)/b27-11+. The molecule has 222 valence electrons. The second-order valence-electron chi connectivity index (χ2n) is 14.7. The molecular weight excluding hydrogens is 569 g/mol. The van der Waals surface area contributed by atoms with Crippen molar-refractivity contribution in [2.75, 3.05) is 7.11 Å². The van der Waals surface area contributed by atoms with Gasteiger partial charge >= 0.3 is 5.97 Å². The largest absolute Gasteiger partial charge is 0.493 e. The average Bonchev–Trinajstić information content (AvgIpc) is 3.19. The number of nitrogens with zero attached hydrogens (tertiary/aromatic N) is 1. The van der Waals surface area contributed by atoms with Gasteiger partial charge in [0.05, 0.1) is 22.8 Å². The highest BCUT2D eigenvalue weighted by molar-refractivity contribution is 8.26. The summed E-state index contributed by atoms with van der Waals surface area (Å²) in [4.78, 5) is 40.9. The lowest BCUT2D eigenvalue weighted by Gasteiger charge is -2.55. The summed E-state index contributed by atoms with van der Waals surface area (Å²) in [6.45, 7) is 0. The molecule has 9 fully saturated rings. The van der Waals surface area contributed by atoms with Crippen LogP contribution in [0, 0.1) is 46.3 Å². The van der Waals surface area contributed by atoms with Crippen LogP contribution in [0.1, 0.15) is 82.6 Å². The van der Waals surface area contributed by atoms with Crippen molar-refractivity contribution < 1.29 is 23.9 Å². The van der Waals surface area contributed by atoms with Crippen LogP contribution in [0.25, 0.3) is 6.08 Å². The maximum absolute atomic E-state index is 13.6. The highest BCUT2D eigenvalue weighted by atomic mass is 32.2. The summed E-state index contributed by atoms with van der Waals surface area (Å²) < 4.78 is 12.0. The van der Waals surface area contributed by atoms with Gasteiger partial charge in [-0.2, -0.15) is 5.01 Å². The summed E-state index contributed by atoms with van der Waals surface area (Å²) in [5.41, 5.74) is 2.93. The van der Waals surface area contributed by atoms with Gasteiger partial charge in [0.1, 0.15) is 0 Å². The number of thioether (sulfide) groups is 1. The molecule has 8 bridgehead atoms. The van der Waals surface area contributed by atoms with E-state index in [2.05, 4.69) is 5.43 Å². The molecule has 0 spiro atoms. The zero-order chi connectivity index (χ0) is 28.8. The Morgan fingerprint density at radius 1 is 0.881 bits per heavy atom. The first-order chi connectivity index (χ1) is 20.2. The molecule has 9 aliphatic rings. The molecule has 8 aliphatic carbocycles. The van der Waals surface area contributed by atoms with Gasteiger partial charge in [-0.15, -0.1) is 0 Å². The van der Waals surface area contributed by atoms with Crippen LogP contribution in [0.4, 0.5) is 0 Å². The smallest absolute Gasteiger partial charge is 0.317 e. The summed E-state index contributed by atoms with van der Waals surface area (Å²) in [7, 11) is 1.56. The van der Waals surface area contributed by atoms with Crippen molar-refractivity contribution in [1.29, 1.82) is 0 Å². The third-order valence-electron chi connectivity index (χ3n) is 11.7. The number of amides is 2. The van der Waals surface area contributed by atoms with E-state index in [1.807, 2.05) is 6.07 Å². The first-order valence-electron chi connectivity index (χ1n) is 15.7. The molecule has 0 unspecified atom stereocenters. The third-order valence-corrected chi connectivity index (χ3v) is 13.0. The molecule has 0 atom stereocenters. The Labute approximate surface area is 256 Å². The van der Waals surface area contributed by atoms with Crippen LogP contribution >= 0.6 is 24.0 Å². The molecule has 1 aromatic carbocycles. The minimum atomic E-state index is -0.363. The van der Waals surface area contributed by atoms with Crippen LogP contribution in [-0.2, 0) is 14.4 Å². The van der Waals surface area contributed by atoms with E-state index in [4.69, 9.17) is 21.7 Å². The minimum Gasteiger partial charge on any atom is -0.493 e. The van der Waals surface area contributed by atoms with Crippen LogP contribution in [0.5, 0.6) is 11.5 Å². The molecular formula is C33H38N2O5S2. The number of nitrogens with one attached hydrogen (secondary N) is 1. The van der Waals surface area contributed by atoms with Crippen molar-refractivity contribution in [3.05, 3.63) is 28.7 Å². The first-order valence-corrected chi connectivity index (χ1v) is 16.9. The van der Waals surface area contributed by atoms with Gasteiger partial charge in [-0.1, -0.05) is 17.8 Å². The van der Waals surface area contributed by atoms with Gasteiger partial charge < -0.3 is 9.47 Å². The van der Waals surface area contributed by atoms with Gasteiger partial charge in [0.15, 0.2) is 15.8 Å². The quantitative estimate of drug-likeness (QED) is 0.177. The van der Waals surface area contributed by atoms with Gasteiger partial charge in [0.25, 0.3) is 5.91 Å². The van der Waals surface area contributed by atoms with Crippen molar-refractivity contribution in [1.82, 2.24) is 10.4 Å². The number of methoxy groups -OCH3 is 1. The monoisotopic (exact) mass is 606 g/mol. The summed E-state index contributed by atoms with van der Waals surface area (Å²) in [5.74, 6) is 4.25. The van der Waals surface area contributed by atoms with E-state index in [-0.39, 0.29) is 28.6 Å². The molecule has 1 aromatic rings. The predicted octanol–water partition coefficient (Wildman–Crippen LogP) is 6.27. The van der Waals surface area contributed by atoms with Crippen molar-refractivity contribution in [3.63, 3.8) is 0 Å². The second-order valence-corrected chi connectivity index (χ2v) is 16.3. The maximum Gasteiger partial charge on any atom is 0.317 e. The Bertz CT molecular complexity index is 1350. The number of thiocarbonyl (C=S) groups is 1. The Morgan fingerprint density at radius 3 is 1.93 bits per heavy atom. The number of rotatable bonds is 6. The van der Waals surface area contributed by atoms with Crippen molar-refractivity contribution >= 4 is 52.2 Å². The topological polar surface area (TPSA) is 84.9 Å². The highest BCUT2D eigenvalue weighted by Gasteiger charge is 2.57. The maximum atomic E-state index is 13.6. The number of hydrogen-bond acceptors (Lipinski definition) is 7. The molecule has 10 rings (SSSR count). The number of benzene rings is 1. The number of hydrazine groups is 1. The SMILES string of the molecule is COc1cc(/C=C2/SC(=S)N(NC(=O)C34CC5CC(CC(C5)C3)C4)C2=O)ccc1OC(=O)C12CC3CC(CC(C3)C1)C2. The summed E-state index contributed by atoms with van der Waals surface area (Å²) in [6, 6.07) is 5.35. The third kappa shape index (κ3) is 4.44. The molecule has 1 saturated heterocycles. The first kappa shape index (κ1) is 27.2. The van der Waals surface area contributed by atoms with E-state index in [9.17, 15) is 14.4 Å². The van der Waals surface area contributed by atoms with Gasteiger partial charge in [-0.25, -0.2) is 0 Å². The molecule has 1 heterocycles. The van der Waals surface area contributed by atoms with Crippen LogP contribution in [0.3, 0.4) is 0 Å². The van der Waals surface area contributed by atoms with Crippen LogP contribution in [0.2, 0.25) is 0 Å². The lowest BCUT2D eigenvalue weighted by Crippen LogP contribution is -2.57. The highest BCUT2D eigenvalue weighted by Crippen LogP contribution is 2.61. The molecule has 0 aromatic heterocycles. The van der Waals surface area contributed by atoms with E-state index in [0.717, 1.165) is 44.1 Å². The van der Waals surface area contributed by atoms with Crippen LogP contribution in [-0.4, -0.2) is 34.2 Å². The number of carbonyl (C=O) groups excluding carboxylic acids is 3. The van der Waals surface area contributed by atoms with Gasteiger partial charge in [0, 0.05) is 0 Å².